The minimum Gasteiger partial charge on any atom is -0.426 e. The van der Waals surface area contributed by atoms with Gasteiger partial charge in [0.25, 0.3) is 0 Å². The van der Waals surface area contributed by atoms with Crippen LogP contribution in [0.15, 0.2) is 18.2 Å². The molecule has 3 rings (SSSR count). The molecule has 4 atom stereocenters. The third-order valence-electron chi connectivity index (χ3n) is 6.12. The van der Waals surface area contributed by atoms with E-state index in [-0.39, 0.29) is 11.7 Å². The van der Waals surface area contributed by atoms with Crippen LogP contribution < -0.4 is 4.74 Å². The number of rotatable bonds is 4. The monoisotopic (exact) mass is 377 g/mol. The molecule has 2 fully saturated rings. The third kappa shape index (κ3) is 4.19. The largest absolute Gasteiger partial charge is 0.426 e. The molecule has 2 bridgehead atoms. The summed E-state index contributed by atoms with van der Waals surface area (Å²) in [5.74, 6) is 0.222. The molecule has 0 aromatic heterocycles. The molecule has 2 aliphatic rings. The average molecular weight is 378 g/mol. The minimum atomic E-state index is -1.10. The van der Waals surface area contributed by atoms with Gasteiger partial charge in [-0.2, -0.15) is 0 Å². The molecule has 27 heavy (non-hydrogen) atoms. The summed E-state index contributed by atoms with van der Waals surface area (Å²) >= 11 is 0. The molecule has 0 amide bonds. The normalized spacial score (nSPS) is 30.6. The van der Waals surface area contributed by atoms with E-state index in [9.17, 15) is 14.3 Å². The molecule has 0 spiro atoms. The highest BCUT2D eigenvalue weighted by atomic mass is 19.1. The number of hydrogen-bond donors (Lipinski definition) is 1. The minimum absolute atomic E-state index is 0.0409. The second kappa shape index (κ2) is 7.17. The summed E-state index contributed by atoms with van der Waals surface area (Å²) in [6, 6.07) is 4.27. The Morgan fingerprint density at radius 1 is 1.30 bits per heavy atom. The van der Waals surface area contributed by atoms with Crippen molar-refractivity contribution in [3.63, 3.8) is 0 Å². The van der Waals surface area contributed by atoms with Gasteiger partial charge >= 0.3 is 5.97 Å². The molecule has 1 aromatic carbocycles. The van der Waals surface area contributed by atoms with Gasteiger partial charge in [0.05, 0.1) is 11.0 Å². The maximum Gasteiger partial charge on any atom is 0.316 e. The lowest BCUT2D eigenvalue weighted by Gasteiger charge is -2.45. The van der Waals surface area contributed by atoms with E-state index >= 15 is 0 Å². The molecule has 2 unspecified atom stereocenters. The topological polar surface area (TPSA) is 49.8 Å². The van der Waals surface area contributed by atoms with Crippen molar-refractivity contribution >= 4 is 5.97 Å². The quantitative estimate of drug-likeness (QED) is 0.637. The van der Waals surface area contributed by atoms with Crippen molar-refractivity contribution in [2.75, 3.05) is 20.6 Å². The van der Waals surface area contributed by atoms with E-state index in [4.69, 9.17) is 4.74 Å². The van der Waals surface area contributed by atoms with Gasteiger partial charge in [-0.05, 0) is 83.7 Å². The van der Waals surface area contributed by atoms with Crippen molar-refractivity contribution in [1.29, 1.82) is 0 Å². The van der Waals surface area contributed by atoms with E-state index in [2.05, 4.69) is 4.90 Å². The molecular formula is C22H32FNO3. The number of fused-ring (bicyclic) bond motifs is 2. The maximum atomic E-state index is 14.4. The Morgan fingerprint density at radius 2 is 2.00 bits per heavy atom. The van der Waals surface area contributed by atoms with Crippen molar-refractivity contribution in [3.8, 4) is 5.75 Å². The molecule has 0 aliphatic heterocycles. The molecule has 2 aliphatic carbocycles. The Morgan fingerprint density at radius 3 is 2.63 bits per heavy atom. The summed E-state index contributed by atoms with van der Waals surface area (Å²) in [7, 11) is 4.01. The van der Waals surface area contributed by atoms with Gasteiger partial charge in [-0.3, -0.25) is 4.79 Å². The molecule has 1 N–H and O–H groups in total. The standard InChI is InChI=1S/C22H32FNO3/c1-21(2,3)20(25)27-18-10-16(9-17(23)11-18)22(26)12-14-6-7-15(8-14)19(22)13-24(4)5/h9-11,14-15,19,26H,6-8,12-13H2,1-5H3/t14-,15+,19?,22?/m1/s1. The van der Waals surface area contributed by atoms with Crippen LogP contribution in [0.1, 0.15) is 52.0 Å². The molecule has 1 aromatic rings. The smallest absolute Gasteiger partial charge is 0.316 e. The summed E-state index contributed by atoms with van der Waals surface area (Å²) in [5, 5.41) is 11.7. The van der Waals surface area contributed by atoms with Crippen molar-refractivity contribution < 1.29 is 19.0 Å². The van der Waals surface area contributed by atoms with Crippen LogP contribution in [-0.2, 0) is 10.4 Å². The number of ether oxygens (including phenoxy) is 1. The van der Waals surface area contributed by atoms with Gasteiger partial charge in [-0.15, -0.1) is 0 Å². The number of halogens is 1. The molecular weight excluding hydrogens is 345 g/mol. The number of nitrogens with zero attached hydrogens (tertiary/aromatic N) is 1. The van der Waals surface area contributed by atoms with Gasteiger partial charge in [0.1, 0.15) is 11.6 Å². The van der Waals surface area contributed by atoms with Crippen LogP contribution in [0.4, 0.5) is 4.39 Å². The molecule has 0 saturated heterocycles. The van der Waals surface area contributed by atoms with E-state index in [1.54, 1.807) is 26.8 Å². The predicted octanol–water partition coefficient (Wildman–Crippen LogP) is 3.96. The van der Waals surface area contributed by atoms with Crippen LogP contribution in [0, 0.1) is 29.0 Å². The highest BCUT2D eigenvalue weighted by molar-refractivity contribution is 5.77. The first kappa shape index (κ1) is 20.3. The number of hydrogen-bond acceptors (Lipinski definition) is 4. The van der Waals surface area contributed by atoms with Gasteiger partial charge in [0, 0.05) is 18.5 Å². The fourth-order valence-corrected chi connectivity index (χ4v) is 4.80. The van der Waals surface area contributed by atoms with Crippen LogP contribution in [0.3, 0.4) is 0 Å². The molecule has 4 nitrogen and oxygen atoms in total. The van der Waals surface area contributed by atoms with Crippen molar-refractivity contribution in [1.82, 2.24) is 4.90 Å². The number of esters is 1. The predicted molar refractivity (Wildman–Crippen MR) is 103 cm³/mol. The maximum absolute atomic E-state index is 14.4. The van der Waals surface area contributed by atoms with Gasteiger partial charge < -0.3 is 14.7 Å². The lowest BCUT2D eigenvalue weighted by atomic mass is 9.66. The number of aliphatic hydroxyl groups is 1. The first-order valence-electron chi connectivity index (χ1n) is 9.89. The summed E-state index contributed by atoms with van der Waals surface area (Å²) in [6.07, 6.45) is 4.02. The van der Waals surface area contributed by atoms with Crippen molar-refractivity contribution in [3.05, 3.63) is 29.6 Å². The molecule has 5 heteroatoms. The highest BCUT2D eigenvalue weighted by Crippen LogP contribution is 2.54. The van der Waals surface area contributed by atoms with E-state index < -0.39 is 22.8 Å². The lowest BCUT2D eigenvalue weighted by molar-refractivity contribution is -0.143. The Labute approximate surface area is 161 Å². The van der Waals surface area contributed by atoms with Crippen molar-refractivity contribution in [2.45, 2.75) is 52.1 Å². The zero-order chi connectivity index (χ0) is 20.0. The van der Waals surface area contributed by atoms with Crippen LogP contribution in [-0.4, -0.2) is 36.6 Å². The summed E-state index contributed by atoms with van der Waals surface area (Å²) in [5.41, 5.74) is -1.25. The highest BCUT2D eigenvalue weighted by Gasteiger charge is 2.51. The van der Waals surface area contributed by atoms with Gasteiger partial charge in [0.2, 0.25) is 0 Å². The molecule has 0 heterocycles. The van der Waals surface area contributed by atoms with E-state index in [1.165, 1.54) is 12.1 Å². The summed E-state index contributed by atoms with van der Waals surface area (Å²) in [4.78, 5) is 14.3. The van der Waals surface area contributed by atoms with E-state index in [1.807, 2.05) is 14.1 Å². The Bertz CT molecular complexity index is 712. The zero-order valence-electron chi connectivity index (χ0n) is 17.1. The van der Waals surface area contributed by atoms with Crippen LogP contribution in [0.5, 0.6) is 5.75 Å². The third-order valence-corrected chi connectivity index (χ3v) is 6.12. The second-order valence-corrected chi connectivity index (χ2v) is 9.75. The first-order chi connectivity index (χ1) is 12.5. The van der Waals surface area contributed by atoms with Gasteiger partial charge in [0.15, 0.2) is 0 Å². The summed E-state index contributed by atoms with van der Waals surface area (Å²) < 4.78 is 19.8. The second-order valence-electron chi connectivity index (χ2n) is 9.75. The summed E-state index contributed by atoms with van der Waals surface area (Å²) in [6.45, 7) is 6.03. The molecule has 2 saturated carbocycles. The van der Waals surface area contributed by atoms with Gasteiger partial charge in [-0.25, -0.2) is 4.39 Å². The fourth-order valence-electron chi connectivity index (χ4n) is 4.80. The van der Waals surface area contributed by atoms with Crippen molar-refractivity contribution in [2.24, 2.45) is 23.2 Å². The lowest BCUT2D eigenvalue weighted by Crippen LogP contribution is -2.47. The number of carbonyl (C=O) groups excluding carboxylic acids is 1. The average Bonchev–Trinajstić information content (AvgIpc) is 2.93. The Hall–Kier alpha value is -1.46. The van der Waals surface area contributed by atoms with Gasteiger partial charge in [-0.1, -0.05) is 6.42 Å². The van der Waals surface area contributed by atoms with E-state index in [0.29, 0.717) is 23.8 Å². The molecule has 150 valence electrons. The first-order valence-corrected chi connectivity index (χ1v) is 9.89. The number of benzene rings is 1. The fraction of sp³-hybridized carbons (Fsp3) is 0.682. The van der Waals surface area contributed by atoms with Crippen LogP contribution in [0.25, 0.3) is 0 Å². The van der Waals surface area contributed by atoms with E-state index in [0.717, 1.165) is 25.8 Å². The van der Waals surface area contributed by atoms with Crippen LogP contribution in [0.2, 0.25) is 0 Å². The van der Waals surface area contributed by atoms with Crippen LogP contribution >= 0.6 is 0 Å². The molecule has 0 radical (unpaired) electrons. The Kier molecular flexibility index (Phi) is 5.39. The number of carbonyl (C=O) groups is 1. The SMILES string of the molecule is CN(C)CC1[C@H]2CC[C@H](C2)CC1(O)c1cc(F)cc(OC(=O)C(C)(C)C)c1. The Balaban J connectivity index is 1.96. The zero-order valence-corrected chi connectivity index (χ0v) is 17.1.